The predicted octanol–water partition coefficient (Wildman–Crippen LogP) is 0.152. The van der Waals surface area contributed by atoms with E-state index < -0.39 is 0 Å². The van der Waals surface area contributed by atoms with Crippen molar-refractivity contribution in [2.45, 2.75) is 24.8 Å². The molecule has 0 radical (unpaired) electrons. The van der Waals surface area contributed by atoms with Crippen LogP contribution in [0.25, 0.3) is 0 Å². The molecule has 4 nitrogen and oxygen atoms in total. The van der Waals surface area contributed by atoms with Crippen LogP contribution in [0.4, 0.5) is 0 Å². The fourth-order valence-corrected chi connectivity index (χ4v) is 2.34. The van der Waals surface area contributed by atoms with Crippen molar-refractivity contribution in [3.8, 4) is 12.3 Å². The molecule has 17 heavy (non-hydrogen) atoms. The Hall–Kier alpha value is -1.05. The number of amides is 1. The normalized spacial score (nSPS) is 17.6. The van der Waals surface area contributed by atoms with Gasteiger partial charge in [0.15, 0.2) is 0 Å². The van der Waals surface area contributed by atoms with Gasteiger partial charge in [0, 0.05) is 12.1 Å². The molecule has 0 aliphatic heterocycles. The molecule has 96 valence electrons. The molecule has 0 atom stereocenters. The standard InChI is InChI=1S/C13H23N3O/c1-5-9-14-12(17)10-16(4)11-13(15(2)3)7-6-8-13/h1H,6-11H2,2-4H3,(H,14,17). The third-order valence-corrected chi connectivity index (χ3v) is 3.60. The maximum absolute atomic E-state index is 11.5. The van der Waals surface area contributed by atoms with Gasteiger partial charge in [-0.3, -0.25) is 9.69 Å². The Morgan fingerprint density at radius 1 is 1.41 bits per heavy atom. The van der Waals surface area contributed by atoms with Crippen molar-refractivity contribution in [2.75, 3.05) is 40.8 Å². The highest BCUT2D eigenvalue weighted by molar-refractivity contribution is 5.78. The van der Waals surface area contributed by atoms with Gasteiger partial charge in [-0.15, -0.1) is 6.42 Å². The molecule has 1 aliphatic rings. The van der Waals surface area contributed by atoms with Crippen LogP contribution in [-0.4, -0.2) is 62.0 Å². The zero-order chi connectivity index (χ0) is 12.9. The second kappa shape index (κ2) is 6.04. The summed E-state index contributed by atoms with van der Waals surface area (Å²) in [5, 5.41) is 2.68. The fourth-order valence-electron chi connectivity index (χ4n) is 2.34. The predicted molar refractivity (Wildman–Crippen MR) is 69.6 cm³/mol. The van der Waals surface area contributed by atoms with Gasteiger partial charge in [-0.2, -0.15) is 0 Å². The average molecular weight is 237 g/mol. The number of carbonyl (C=O) groups excluding carboxylic acids is 1. The molecule has 1 fully saturated rings. The number of hydrogen-bond acceptors (Lipinski definition) is 3. The summed E-state index contributed by atoms with van der Waals surface area (Å²) in [6.07, 6.45) is 8.82. The lowest BCUT2D eigenvalue weighted by Gasteiger charge is -2.49. The van der Waals surface area contributed by atoms with E-state index >= 15 is 0 Å². The molecule has 4 heteroatoms. The van der Waals surface area contributed by atoms with Crippen LogP contribution in [0.2, 0.25) is 0 Å². The monoisotopic (exact) mass is 237 g/mol. The molecule has 1 N–H and O–H groups in total. The van der Waals surface area contributed by atoms with Crippen LogP contribution in [0.1, 0.15) is 19.3 Å². The van der Waals surface area contributed by atoms with Gasteiger partial charge in [-0.25, -0.2) is 0 Å². The Morgan fingerprint density at radius 2 is 2.06 bits per heavy atom. The zero-order valence-corrected chi connectivity index (χ0v) is 11.1. The molecular weight excluding hydrogens is 214 g/mol. The third kappa shape index (κ3) is 3.72. The van der Waals surface area contributed by atoms with E-state index in [2.05, 4.69) is 35.1 Å². The van der Waals surface area contributed by atoms with Crippen LogP contribution in [0.5, 0.6) is 0 Å². The quantitative estimate of drug-likeness (QED) is 0.668. The molecule has 1 saturated carbocycles. The van der Waals surface area contributed by atoms with Crippen molar-refractivity contribution in [3.63, 3.8) is 0 Å². The van der Waals surface area contributed by atoms with E-state index in [0.717, 1.165) is 6.54 Å². The van der Waals surface area contributed by atoms with E-state index in [1.165, 1.54) is 19.3 Å². The van der Waals surface area contributed by atoms with Crippen molar-refractivity contribution in [1.82, 2.24) is 15.1 Å². The van der Waals surface area contributed by atoms with Crippen LogP contribution >= 0.6 is 0 Å². The highest BCUT2D eigenvalue weighted by Crippen LogP contribution is 2.36. The summed E-state index contributed by atoms with van der Waals surface area (Å²) in [6.45, 7) is 1.66. The maximum Gasteiger partial charge on any atom is 0.234 e. The van der Waals surface area contributed by atoms with Gasteiger partial charge in [0.05, 0.1) is 13.1 Å². The lowest BCUT2D eigenvalue weighted by atomic mass is 9.75. The van der Waals surface area contributed by atoms with Crippen LogP contribution in [0.15, 0.2) is 0 Å². The van der Waals surface area contributed by atoms with Crippen molar-refractivity contribution >= 4 is 5.91 Å². The molecule has 0 aromatic heterocycles. The highest BCUT2D eigenvalue weighted by Gasteiger charge is 2.39. The molecule has 1 aliphatic carbocycles. The van der Waals surface area contributed by atoms with Crippen LogP contribution in [0, 0.1) is 12.3 Å². The molecule has 1 rings (SSSR count). The van der Waals surface area contributed by atoms with Gasteiger partial charge in [-0.1, -0.05) is 5.92 Å². The average Bonchev–Trinajstić information content (AvgIpc) is 2.19. The molecule has 0 spiro atoms. The van der Waals surface area contributed by atoms with Crippen LogP contribution < -0.4 is 5.32 Å². The van der Waals surface area contributed by atoms with Crippen molar-refractivity contribution in [3.05, 3.63) is 0 Å². The van der Waals surface area contributed by atoms with Gasteiger partial charge in [0.2, 0.25) is 5.91 Å². The smallest absolute Gasteiger partial charge is 0.234 e. The van der Waals surface area contributed by atoms with Gasteiger partial charge >= 0.3 is 0 Å². The van der Waals surface area contributed by atoms with Crippen molar-refractivity contribution in [1.29, 1.82) is 0 Å². The van der Waals surface area contributed by atoms with Crippen molar-refractivity contribution < 1.29 is 4.79 Å². The number of nitrogens with one attached hydrogen (secondary N) is 1. The van der Waals surface area contributed by atoms with Crippen LogP contribution in [-0.2, 0) is 4.79 Å². The van der Waals surface area contributed by atoms with Gasteiger partial charge in [0.1, 0.15) is 0 Å². The summed E-state index contributed by atoms with van der Waals surface area (Å²) in [4.78, 5) is 15.9. The Bertz CT molecular complexity index is 302. The summed E-state index contributed by atoms with van der Waals surface area (Å²) < 4.78 is 0. The molecular formula is C13H23N3O. The molecule has 1 amide bonds. The minimum absolute atomic E-state index is 0.00122. The molecule has 0 aromatic rings. The summed E-state index contributed by atoms with van der Waals surface area (Å²) in [5.74, 6) is 2.40. The molecule has 0 saturated heterocycles. The second-order valence-electron chi connectivity index (χ2n) is 5.13. The first kappa shape index (κ1) is 14.0. The minimum atomic E-state index is -0.00122. The lowest BCUT2D eigenvalue weighted by molar-refractivity contribution is -0.122. The Kier molecular flexibility index (Phi) is 4.98. The lowest BCUT2D eigenvalue weighted by Crippen LogP contribution is -2.57. The molecule has 0 aromatic carbocycles. The van der Waals surface area contributed by atoms with E-state index in [1.54, 1.807) is 0 Å². The largest absolute Gasteiger partial charge is 0.344 e. The van der Waals surface area contributed by atoms with E-state index in [-0.39, 0.29) is 11.4 Å². The van der Waals surface area contributed by atoms with Gasteiger partial charge in [-0.05, 0) is 40.4 Å². The topological polar surface area (TPSA) is 35.6 Å². The highest BCUT2D eigenvalue weighted by atomic mass is 16.2. The summed E-state index contributed by atoms with van der Waals surface area (Å²) in [6, 6.07) is 0. The van der Waals surface area contributed by atoms with Gasteiger partial charge in [0.25, 0.3) is 0 Å². The maximum atomic E-state index is 11.5. The summed E-state index contributed by atoms with van der Waals surface area (Å²) in [7, 11) is 6.22. The SMILES string of the molecule is C#CCNC(=O)CN(C)CC1(N(C)C)CCC1. The number of carbonyl (C=O) groups is 1. The summed E-state index contributed by atoms with van der Waals surface area (Å²) >= 11 is 0. The van der Waals surface area contributed by atoms with Crippen LogP contribution in [0.3, 0.4) is 0 Å². The first-order valence-electron chi connectivity index (χ1n) is 6.06. The summed E-state index contributed by atoms with van der Waals surface area (Å²) in [5.41, 5.74) is 0.265. The number of hydrogen-bond donors (Lipinski definition) is 1. The Labute approximate surface area is 104 Å². The minimum Gasteiger partial charge on any atom is -0.344 e. The van der Waals surface area contributed by atoms with Gasteiger partial charge < -0.3 is 10.2 Å². The zero-order valence-electron chi connectivity index (χ0n) is 11.1. The third-order valence-electron chi connectivity index (χ3n) is 3.60. The first-order chi connectivity index (χ1) is 8.00. The van der Waals surface area contributed by atoms with E-state index in [1.807, 2.05) is 7.05 Å². The Morgan fingerprint density at radius 3 is 2.47 bits per heavy atom. The molecule has 0 bridgehead atoms. The van der Waals surface area contributed by atoms with E-state index in [9.17, 15) is 4.79 Å². The van der Waals surface area contributed by atoms with Crippen molar-refractivity contribution in [2.24, 2.45) is 0 Å². The van der Waals surface area contributed by atoms with E-state index in [4.69, 9.17) is 6.42 Å². The fraction of sp³-hybridized carbons (Fsp3) is 0.769. The molecule has 0 heterocycles. The number of nitrogens with zero attached hydrogens (tertiary/aromatic N) is 2. The number of rotatable bonds is 6. The second-order valence-corrected chi connectivity index (χ2v) is 5.13. The number of terminal acetylenes is 1. The molecule has 0 unspecified atom stereocenters. The van der Waals surface area contributed by atoms with E-state index in [0.29, 0.717) is 13.1 Å². The Balaban J connectivity index is 2.36. The number of likely N-dealkylation sites (N-methyl/N-ethyl adjacent to an activating group) is 2. The first-order valence-corrected chi connectivity index (χ1v) is 6.06.